The molecule has 0 aromatic carbocycles. The normalized spacial score (nSPS) is 15.4. The van der Waals surface area contributed by atoms with Crippen molar-refractivity contribution in [3.8, 4) is 0 Å². The first-order valence-corrected chi connectivity index (χ1v) is 6.40. The third-order valence-electron chi connectivity index (χ3n) is 2.81. The third-order valence-corrected chi connectivity index (χ3v) is 2.81. The zero-order chi connectivity index (χ0) is 13.9. The molecule has 2 rings (SSSR count). The molecule has 0 aliphatic heterocycles. The van der Waals surface area contributed by atoms with Gasteiger partial charge in [0.2, 0.25) is 5.95 Å². The van der Waals surface area contributed by atoms with Crippen molar-refractivity contribution in [1.29, 1.82) is 0 Å². The van der Waals surface area contributed by atoms with Gasteiger partial charge in [-0.3, -0.25) is 0 Å². The first-order valence-electron chi connectivity index (χ1n) is 6.40. The van der Waals surface area contributed by atoms with Crippen molar-refractivity contribution in [2.45, 2.75) is 38.4 Å². The van der Waals surface area contributed by atoms with Gasteiger partial charge in [0.1, 0.15) is 12.4 Å². The lowest BCUT2D eigenvalue weighted by Crippen LogP contribution is -2.36. The molecule has 0 spiro atoms. The number of nitrogens with one attached hydrogen (secondary N) is 1. The van der Waals surface area contributed by atoms with Crippen LogP contribution in [0.5, 0.6) is 0 Å². The highest BCUT2D eigenvalue weighted by Crippen LogP contribution is 2.33. The molecule has 1 saturated carbocycles. The zero-order valence-electron chi connectivity index (χ0n) is 10.7. The van der Waals surface area contributed by atoms with Crippen LogP contribution in [0.4, 0.5) is 24.9 Å². The summed E-state index contributed by atoms with van der Waals surface area (Å²) < 4.78 is 37.7. The van der Waals surface area contributed by atoms with Crippen LogP contribution < -0.4 is 10.2 Å². The molecule has 4 nitrogen and oxygen atoms in total. The van der Waals surface area contributed by atoms with E-state index in [1.807, 2.05) is 6.92 Å². The molecule has 0 amide bonds. The number of aromatic nitrogens is 2. The van der Waals surface area contributed by atoms with Crippen LogP contribution in [0.15, 0.2) is 12.3 Å². The van der Waals surface area contributed by atoms with Crippen molar-refractivity contribution in [3.63, 3.8) is 0 Å². The lowest BCUT2D eigenvalue weighted by Gasteiger charge is -2.24. The van der Waals surface area contributed by atoms with Crippen LogP contribution in [0.25, 0.3) is 0 Å². The van der Waals surface area contributed by atoms with Crippen LogP contribution in [-0.4, -0.2) is 35.3 Å². The Morgan fingerprint density at radius 3 is 2.74 bits per heavy atom. The number of rotatable bonds is 6. The molecule has 0 bridgehead atoms. The summed E-state index contributed by atoms with van der Waals surface area (Å²) in [6.07, 6.45) is -0.241. The summed E-state index contributed by atoms with van der Waals surface area (Å²) in [6, 6.07) is 1.48. The Balaban J connectivity index is 2.12. The minimum Gasteiger partial charge on any atom is -0.354 e. The maximum absolute atomic E-state index is 12.6. The van der Waals surface area contributed by atoms with E-state index in [1.54, 1.807) is 0 Å². The second kappa shape index (κ2) is 5.63. The second-order valence-corrected chi connectivity index (χ2v) is 4.64. The molecule has 1 N–H and O–H groups in total. The number of anilines is 2. The van der Waals surface area contributed by atoms with E-state index in [0.29, 0.717) is 18.3 Å². The molecule has 0 atom stereocenters. The fourth-order valence-electron chi connectivity index (χ4n) is 1.81. The van der Waals surface area contributed by atoms with Gasteiger partial charge in [0, 0.05) is 18.8 Å². The van der Waals surface area contributed by atoms with E-state index in [-0.39, 0.29) is 6.04 Å². The molecule has 1 aliphatic rings. The van der Waals surface area contributed by atoms with Crippen molar-refractivity contribution < 1.29 is 13.2 Å². The lowest BCUT2D eigenvalue weighted by atomic mass is 10.4. The average Bonchev–Trinajstić information content (AvgIpc) is 3.17. The van der Waals surface area contributed by atoms with Crippen LogP contribution in [0.3, 0.4) is 0 Å². The summed E-state index contributed by atoms with van der Waals surface area (Å²) in [5.41, 5.74) is 0. The molecule has 0 radical (unpaired) electrons. The van der Waals surface area contributed by atoms with Crippen LogP contribution >= 0.6 is 0 Å². The highest BCUT2D eigenvalue weighted by Gasteiger charge is 2.38. The minimum atomic E-state index is -4.22. The molecule has 7 heteroatoms. The van der Waals surface area contributed by atoms with E-state index < -0.39 is 12.7 Å². The fraction of sp³-hybridized carbons (Fsp3) is 0.667. The van der Waals surface area contributed by atoms with E-state index in [2.05, 4.69) is 15.3 Å². The zero-order valence-corrected chi connectivity index (χ0v) is 10.7. The van der Waals surface area contributed by atoms with Gasteiger partial charge in [-0.25, -0.2) is 4.98 Å². The number of nitrogens with zero attached hydrogens (tertiary/aromatic N) is 3. The van der Waals surface area contributed by atoms with Gasteiger partial charge in [0.25, 0.3) is 0 Å². The Hall–Kier alpha value is -1.53. The lowest BCUT2D eigenvalue weighted by molar-refractivity contribution is -0.120. The van der Waals surface area contributed by atoms with Crippen molar-refractivity contribution in [2.24, 2.45) is 0 Å². The standard InChI is InChI=1S/C12H17F3N4/c1-2-6-16-11-17-7-5-10(18-11)19(9-3-4-9)8-12(13,14)15/h5,7,9H,2-4,6,8H2,1H3,(H,16,17,18). The minimum absolute atomic E-state index is 0.0458. The van der Waals surface area contributed by atoms with E-state index >= 15 is 0 Å². The van der Waals surface area contributed by atoms with Gasteiger partial charge in [-0.05, 0) is 25.3 Å². The molecule has 1 aliphatic carbocycles. The molecule has 1 aromatic rings. The first kappa shape index (κ1) is 13.9. The van der Waals surface area contributed by atoms with Crippen molar-refractivity contribution in [1.82, 2.24) is 9.97 Å². The topological polar surface area (TPSA) is 41.1 Å². The SMILES string of the molecule is CCCNc1nccc(N(CC(F)(F)F)C2CC2)n1. The summed E-state index contributed by atoms with van der Waals surface area (Å²) in [5, 5.41) is 2.98. The quantitative estimate of drug-likeness (QED) is 0.866. The smallest absolute Gasteiger partial charge is 0.354 e. The number of hydrogen-bond donors (Lipinski definition) is 1. The predicted molar refractivity (Wildman–Crippen MR) is 67.2 cm³/mol. The van der Waals surface area contributed by atoms with Crippen LogP contribution in [-0.2, 0) is 0 Å². The van der Waals surface area contributed by atoms with Gasteiger partial charge >= 0.3 is 6.18 Å². The van der Waals surface area contributed by atoms with E-state index in [0.717, 1.165) is 19.3 Å². The summed E-state index contributed by atoms with van der Waals surface area (Å²) >= 11 is 0. The van der Waals surface area contributed by atoms with Crippen LogP contribution in [0, 0.1) is 0 Å². The third kappa shape index (κ3) is 4.25. The number of halogens is 3. The highest BCUT2D eigenvalue weighted by atomic mass is 19.4. The summed E-state index contributed by atoms with van der Waals surface area (Å²) in [4.78, 5) is 9.48. The molecule has 1 aromatic heterocycles. The molecule has 1 heterocycles. The summed E-state index contributed by atoms with van der Waals surface area (Å²) in [5.74, 6) is 0.723. The Bertz CT molecular complexity index is 418. The largest absolute Gasteiger partial charge is 0.405 e. The van der Waals surface area contributed by atoms with Gasteiger partial charge in [0.15, 0.2) is 0 Å². The average molecular weight is 274 g/mol. The molecule has 0 unspecified atom stereocenters. The molecule has 19 heavy (non-hydrogen) atoms. The molecular formula is C12H17F3N4. The van der Waals surface area contributed by atoms with Gasteiger partial charge in [0.05, 0.1) is 0 Å². The van der Waals surface area contributed by atoms with Crippen LogP contribution in [0.2, 0.25) is 0 Å². The number of hydrogen-bond acceptors (Lipinski definition) is 4. The van der Waals surface area contributed by atoms with Crippen molar-refractivity contribution in [3.05, 3.63) is 12.3 Å². The van der Waals surface area contributed by atoms with E-state index in [1.165, 1.54) is 17.2 Å². The summed E-state index contributed by atoms with van der Waals surface area (Å²) in [6.45, 7) is 1.74. The second-order valence-electron chi connectivity index (χ2n) is 4.64. The Kier molecular flexibility index (Phi) is 4.11. The van der Waals surface area contributed by atoms with E-state index in [4.69, 9.17) is 0 Å². The Labute approximate surface area is 110 Å². The van der Waals surface area contributed by atoms with E-state index in [9.17, 15) is 13.2 Å². The van der Waals surface area contributed by atoms with Gasteiger partial charge in [-0.2, -0.15) is 18.2 Å². The molecule has 1 fully saturated rings. The van der Waals surface area contributed by atoms with Gasteiger partial charge in [-0.15, -0.1) is 0 Å². The Morgan fingerprint density at radius 2 is 2.16 bits per heavy atom. The number of alkyl halides is 3. The Morgan fingerprint density at radius 1 is 1.42 bits per heavy atom. The highest BCUT2D eigenvalue weighted by molar-refractivity contribution is 5.45. The van der Waals surface area contributed by atoms with Crippen molar-refractivity contribution >= 4 is 11.8 Å². The molecule has 106 valence electrons. The molecular weight excluding hydrogens is 257 g/mol. The summed E-state index contributed by atoms with van der Waals surface area (Å²) in [7, 11) is 0. The van der Waals surface area contributed by atoms with Gasteiger partial charge in [-0.1, -0.05) is 6.92 Å². The fourth-order valence-corrected chi connectivity index (χ4v) is 1.81. The maximum atomic E-state index is 12.6. The first-order chi connectivity index (χ1) is 8.99. The monoisotopic (exact) mass is 274 g/mol. The predicted octanol–water partition coefficient (Wildman–Crippen LogP) is 2.83. The van der Waals surface area contributed by atoms with Gasteiger partial charge < -0.3 is 10.2 Å². The maximum Gasteiger partial charge on any atom is 0.405 e. The molecule has 0 saturated heterocycles. The van der Waals surface area contributed by atoms with Crippen LogP contribution in [0.1, 0.15) is 26.2 Å². The van der Waals surface area contributed by atoms with Crippen molar-refractivity contribution in [2.75, 3.05) is 23.3 Å².